The number of nitrogens with zero attached hydrogens (tertiary/aromatic N) is 1. The van der Waals surface area contributed by atoms with Crippen molar-refractivity contribution >= 4 is 11.9 Å². The summed E-state index contributed by atoms with van der Waals surface area (Å²) in [6, 6.07) is 8.90. The van der Waals surface area contributed by atoms with Gasteiger partial charge in [-0.1, -0.05) is 36.3 Å². The molecule has 20 heavy (non-hydrogen) atoms. The Hall–Kier alpha value is -2.32. The SMILES string of the molecule is C#CCN(CC(=O)O)C(=O)C(N)CCc1ccccc1. The van der Waals surface area contributed by atoms with Crippen LogP contribution in [-0.4, -0.2) is 41.0 Å². The van der Waals surface area contributed by atoms with Gasteiger partial charge in [-0.2, -0.15) is 0 Å². The highest BCUT2D eigenvalue weighted by Gasteiger charge is 2.22. The van der Waals surface area contributed by atoms with Crippen molar-refractivity contribution in [1.29, 1.82) is 0 Å². The minimum Gasteiger partial charge on any atom is -0.480 e. The lowest BCUT2D eigenvalue weighted by Crippen LogP contribution is -2.46. The molecule has 1 amide bonds. The Kier molecular flexibility index (Phi) is 6.27. The molecule has 0 aromatic heterocycles. The highest BCUT2D eigenvalue weighted by molar-refractivity contribution is 5.85. The fraction of sp³-hybridized carbons (Fsp3) is 0.333. The molecule has 1 atom stereocenters. The van der Waals surface area contributed by atoms with Gasteiger partial charge in [-0.15, -0.1) is 6.42 Å². The molecule has 0 bridgehead atoms. The second-order valence-corrected chi connectivity index (χ2v) is 4.42. The molecule has 0 saturated carbocycles. The maximum Gasteiger partial charge on any atom is 0.323 e. The number of benzene rings is 1. The Morgan fingerprint density at radius 1 is 1.35 bits per heavy atom. The lowest BCUT2D eigenvalue weighted by Gasteiger charge is -2.22. The molecule has 1 rings (SSSR count). The quantitative estimate of drug-likeness (QED) is 0.709. The normalized spacial score (nSPS) is 11.4. The van der Waals surface area contributed by atoms with Crippen molar-refractivity contribution in [1.82, 2.24) is 4.90 Å². The van der Waals surface area contributed by atoms with Crippen LogP contribution in [0.2, 0.25) is 0 Å². The average molecular weight is 274 g/mol. The van der Waals surface area contributed by atoms with Crippen molar-refractivity contribution in [3.05, 3.63) is 35.9 Å². The number of terminal acetylenes is 1. The molecule has 1 aromatic rings. The van der Waals surface area contributed by atoms with Crippen molar-refractivity contribution in [2.24, 2.45) is 5.73 Å². The Bertz CT molecular complexity index is 494. The summed E-state index contributed by atoms with van der Waals surface area (Å²) >= 11 is 0. The molecule has 5 heteroatoms. The Morgan fingerprint density at radius 2 is 2.00 bits per heavy atom. The van der Waals surface area contributed by atoms with E-state index < -0.39 is 24.5 Å². The number of aliphatic carboxylic acids is 1. The monoisotopic (exact) mass is 274 g/mol. The topological polar surface area (TPSA) is 83.6 Å². The van der Waals surface area contributed by atoms with Crippen LogP contribution in [0, 0.1) is 12.3 Å². The van der Waals surface area contributed by atoms with Gasteiger partial charge >= 0.3 is 5.97 Å². The van der Waals surface area contributed by atoms with E-state index in [9.17, 15) is 9.59 Å². The van der Waals surface area contributed by atoms with Crippen molar-refractivity contribution in [3.63, 3.8) is 0 Å². The molecule has 0 aliphatic carbocycles. The Morgan fingerprint density at radius 3 is 2.55 bits per heavy atom. The Balaban J connectivity index is 2.56. The zero-order valence-corrected chi connectivity index (χ0v) is 11.2. The van der Waals surface area contributed by atoms with Gasteiger partial charge in [0.1, 0.15) is 6.54 Å². The molecule has 3 N–H and O–H groups in total. The summed E-state index contributed by atoms with van der Waals surface area (Å²) in [6.45, 7) is -0.480. The van der Waals surface area contributed by atoms with Gasteiger partial charge < -0.3 is 15.7 Å². The van der Waals surface area contributed by atoms with E-state index in [1.54, 1.807) is 0 Å². The van der Waals surface area contributed by atoms with Crippen LogP contribution in [0.25, 0.3) is 0 Å². The molecule has 0 radical (unpaired) electrons. The van der Waals surface area contributed by atoms with Crippen molar-refractivity contribution < 1.29 is 14.7 Å². The summed E-state index contributed by atoms with van der Waals surface area (Å²) in [6.07, 6.45) is 6.24. The van der Waals surface area contributed by atoms with Crippen LogP contribution in [-0.2, 0) is 16.0 Å². The zero-order chi connectivity index (χ0) is 15.0. The second kappa shape index (κ2) is 7.97. The third kappa shape index (κ3) is 5.12. The van der Waals surface area contributed by atoms with Crippen molar-refractivity contribution in [2.45, 2.75) is 18.9 Å². The molecule has 1 aromatic carbocycles. The number of carboxylic acids is 1. The van der Waals surface area contributed by atoms with Crippen molar-refractivity contribution in [3.8, 4) is 12.3 Å². The number of amides is 1. The average Bonchev–Trinajstić information content (AvgIpc) is 2.44. The van der Waals surface area contributed by atoms with Gasteiger partial charge in [0.05, 0.1) is 12.6 Å². The van der Waals surface area contributed by atoms with Gasteiger partial charge in [-0.25, -0.2) is 0 Å². The number of nitrogens with two attached hydrogens (primary N) is 1. The van der Waals surface area contributed by atoms with Crippen LogP contribution in [0.1, 0.15) is 12.0 Å². The number of rotatable bonds is 7. The summed E-state index contributed by atoms with van der Waals surface area (Å²) in [4.78, 5) is 23.8. The molecular weight excluding hydrogens is 256 g/mol. The number of carbonyl (C=O) groups is 2. The molecule has 0 fully saturated rings. The number of hydrogen-bond donors (Lipinski definition) is 2. The smallest absolute Gasteiger partial charge is 0.323 e. The number of hydrogen-bond acceptors (Lipinski definition) is 3. The van der Waals surface area contributed by atoms with Gasteiger partial charge in [0, 0.05) is 0 Å². The summed E-state index contributed by atoms with van der Waals surface area (Å²) < 4.78 is 0. The molecular formula is C15H18N2O3. The van der Waals surface area contributed by atoms with Crippen LogP contribution in [0.4, 0.5) is 0 Å². The first kappa shape index (κ1) is 15.7. The van der Waals surface area contributed by atoms with E-state index in [0.29, 0.717) is 12.8 Å². The molecule has 5 nitrogen and oxygen atoms in total. The van der Waals surface area contributed by atoms with Gasteiger partial charge in [-0.3, -0.25) is 9.59 Å². The van der Waals surface area contributed by atoms with E-state index in [2.05, 4.69) is 5.92 Å². The zero-order valence-electron chi connectivity index (χ0n) is 11.2. The Labute approximate surface area is 118 Å². The molecule has 106 valence electrons. The summed E-state index contributed by atoms with van der Waals surface area (Å²) in [5.41, 5.74) is 6.90. The van der Waals surface area contributed by atoms with Crippen LogP contribution in [0.15, 0.2) is 30.3 Å². The predicted octanol–water partition coefficient (Wildman–Crippen LogP) is 0.493. The molecule has 0 spiro atoms. The maximum absolute atomic E-state index is 12.0. The number of aryl methyl sites for hydroxylation is 1. The molecule has 0 aliphatic rings. The highest BCUT2D eigenvalue weighted by Crippen LogP contribution is 2.06. The van der Waals surface area contributed by atoms with E-state index >= 15 is 0 Å². The third-order valence-electron chi connectivity index (χ3n) is 2.82. The first-order chi connectivity index (χ1) is 9.54. The van der Waals surface area contributed by atoms with Gasteiger partial charge in [0.2, 0.25) is 5.91 Å². The van der Waals surface area contributed by atoms with Gasteiger partial charge in [-0.05, 0) is 18.4 Å². The molecule has 0 saturated heterocycles. The first-order valence-corrected chi connectivity index (χ1v) is 6.28. The molecule has 0 aliphatic heterocycles. The first-order valence-electron chi connectivity index (χ1n) is 6.28. The lowest BCUT2D eigenvalue weighted by molar-refractivity contribution is -0.144. The summed E-state index contributed by atoms with van der Waals surface area (Å²) in [5, 5.41) is 8.75. The van der Waals surface area contributed by atoms with E-state index in [1.165, 1.54) is 0 Å². The summed E-state index contributed by atoms with van der Waals surface area (Å²) in [7, 11) is 0. The fourth-order valence-electron chi connectivity index (χ4n) is 1.81. The van der Waals surface area contributed by atoms with E-state index in [0.717, 1.165) is 10.5 Å². The van der Waals surface area contributed by atoms with Gasteiger partial charge in [0.25, 0.3) is 0 Å². The van der Waals surface area contributed by atoms with E-state index in [4.69, 9.17) is 17.3 Å². The van der Waals surface area contributed by atoms with Crippen LogP contribution in [0.3, 0.4) is 0 Å². The van der Waals surface area contributed by atoms with Crippen LogP contribution >= 0.6 is 0 Å². The van der Waals surface area contributed by atoms with E-state index in [-0.39, 0.29) is 6.54 Å². The van der Waals surface area contributed by atoms with E-state index in [1.807, 2.05) is 30.3 Å². The maximum atomic E-state index is 12.0. The number of carbonyl (C=O) groups excluding carboxylic acids is 1. The van der Waals surface area contributed by atoms with Crippen molar-refractivity contribution in [2.75, 3.05) is 13.1 Å². The van der Waals surface area contributed by atoms with Gasteiger partial charge in [0.15, 0.2) is 0 Å². The number of carboxylic acid groups (broad SMARTS) is 1. The second-order valence-electron chi connectivity index (χ2n) is 4.42. The minimum atomic E-state index is -1.11. The lowest BCUT2D eigenvalue weighted by atomic mass is 10.0. The van der Waals surface area contributed by atoms with Crippen LogP contribution < -0.4 is 5.73 Å². The molecule has 0 heterocycles. The molecule has 1 unspecified atom stereocenters. The standard InChI is InChI=1S/C15H18N2O3/c1-2-10-17(11-14(18)19)15(20)13(16)9-8-12-6-4-3-5-7-12/h1,3-7,13H,8-11,16H2,(H,18,19). The third-order valence-corrected chi connectivity index (χ3v) is 2.82. The highest BCUT2D eigenvalue weighted by atomic mass is 16.4. The minimum absolute atomic E-state index is 0.0514. The van der Waals surface area contributed by atoms with Crippen LogP contribution in [0.5, 0.6) is 0 Å². The fourth-order valence-corrected chi connectivity index (χ4v) is 1.81. The summed E-state index contributed by atoms with van der Waals surface area (Å²) in [5.74, 6) is 0.732. The predicted molar refractivity (Wildman–Crippen MR) is 75.8 cm³/mol. The largest absolute Gasteiger partial charge is 0.480 e.